The van der Waals surface area contributed by atoms with Crippen LogP contribution in [0.1, 0.15) is 30.1 Å². The molecule has 0 unspecified atom stereocenters. The van der Waals surface area contributed by atoms with E-state index in [1.165, 1.54) is 38.5 Å². The van der Waals surface area contributed by atoms with Gasteiger partial charge in [0.15, 0.2) is 0 Å². The van der Waals surface area contributed by atoms with Crippen molar-refractivity contribution in [1.29, 1.82) is 0 Å². The fraction of sp³-hybridized carbons (Fsp3) is 0.316. The molecule has 0 aliphatic rings. The van der Waals surface area contributed by atoms with Gasteiger partial charge in [0.05, 0.1) is 24.8 Å². The molecule has 2 aromatic rings. The maximum Gasteiger partial charge on any atom is 0.262 e. The first-order valence-electron chi connectivity index (χ1n) is 8.54. The molecule has 0 fully saturated rings. The standard InChI is InChI=1S/C19H24N2O5S/c1-4-5-12-20-19(22)14-6-9-16(10-7-14)27(23,24)21-17-11-8-15(25-2)13-18(17)26-3/h6-11,13,21H,4-5,12H2,1-3H3,(H,20,22). The zero-order chi connectivity index (χ0) is 19.9. The van der Waals surface area contributed by atoms with Crippen LogP contribution >= 0.6 is 0 Å². The molecule has 0 saturated heterocycles. The summed E-state index contributed by atoms with van der Waals surface area (Å²) in [4.78, 5) is 12.1. The number of unbranched alkanes of at least 4 members (excludes halogenated alkanes) is 1. The Balaban J connectivity index is 2.16. The Morgan fingerprint density at radius 1 is 1.04 bits per heavy atom. The van der Waals surface area contributed by atoms with Gasteiger partial charge >= 0.3 is 0 Å². The molecule has 1 amide bonds. The summed E-state index contributed by atoms with van der Waals surface area (Å²) < 4.78 is 38.0. The lowest BCUT2D eigenvalue weighted by Crippen LogP contribution is -2.24. The molecule has 0 atom stereocenters. The first-order valence-corrected chi connectivity index (χ1v) is 10.0. The van der Waals surface area contributed by atoms with Gasteiger partial charge in [-0.25, -0.2) is 8.42 Å². The summed E-state index contributed by atoms with van der Waals surface area (Å²) in [5, 5.41) is 2.79. The molecule has 146 valence electrons. The molecule has 0 aliphatic carbocycles. The highest BCUT2D eigenvalue weighted by atomic mass is 32.2. The van der Waals surface area contributed by atoms with Gasteiger partial charge in [-0.3, -0.25) is 9.52 Å². The molecule has 7 nitrogen and oxygen atoms in total. The summed E-state index contributed by atoms with van der Waals surface area (Å²) in [6.07, 6.45) is 1.88. The number of ether oxygens (including phenoxy) is 2. The molecule has 2 aromatic carbocycles. The minimum absolute atomic E-state index is 0.0467. The van der Waals surface area contributed by atoms with Gasteiger partial charge in [-0.05, 0) is 42.8 Å². The van der Waals surface area contributed by atoms with Gasteiger partial charge in [-0.2, -0.15) is 0 Å². The van der Waals surface area contributed by atoms with Crippen LogP contribution in [0.15, 0.2) is 47.4 Å². The Morgan fingerprint density at radius 3 is 2.33 bits per heavy atom. The van der Waals surface area contributed by atoms with E-state index in [9.17, 15) is 13.2 Å². The number of carbonyl (C=O) groups is 1. The number of rotatable bonds is 9. The number of amides is 1. The van der Waals surface area contributed by atoms with E-state index in [-0.39, 0.29) is 10.8 Å². The van der Waals surface area contributed by atoms with E-state index >= 15 is 0 Å². The number of methoxy groups -OCH3 is 2. The van der Waals surface area contributed by atoms with Gasteiger partial charge in [0.25, 0.3) is 15.9 Å². The molecular formula is C19H24N2O5S. The Morgan fingerprint density at radius 2 is 1.74 bits per heavy atom. The molecule has 2 N–H and O–H groups in total. The SMILES string of the molecule is CCCCNC(=O)c1ccc(S(=O)(=O)Nc2ccc(OC)cc2OC)cc1. The fourth-order valence-corrected chi connectivity index (χ4v) is 3.42. The summed E-state index contributed by atoms with van der Waals surface area (Å²) >= 11 is 0. The maximum atomic E-state index is 12.6. The van der Waals surface area contributed by atoms with E-state index < -0.39 is 10.0 Å². The molecular weight excluding hydrogens is 368 g/mol. The van der Waals surface area contributed by atoms with Crippen molar-refractivity contribution in [2.24, 2.45) is 0 Å². The van der Waals surface area contributed by atoms with Crippen molar-refractivity contribution in [2.45, 2.75) is 24.7 Å². The largest absolute Gasteiger partial charge is 0.497 e. The molecule has 0 heterocycles. The second-order valence-corrected chi connectivity index (χ2v) is 7.49. The van der Waals surface area contributed by atoms with E-state index in [0.29, 0.717) is 29.3 Å². The third kappa shape index (κ3) is 5.37. The van der Waals surface area contributed by atoms with Crippen LogP contribution in [0.4, 0.5) is 5.69 Å². The fourth-order valence-electron chi connectivity index (χ4n) is 2.35. The van der Waals surface area contributed by atoms with Crippen LogP contribution in [0.5, 0.6) is 11.5 Å². The molecule has 0 radical (unpaired) electrons. The van der Waals surface area contributed by atoms with Gasteiger partial charge in [-0.15, -0.1) is 0 Å². The topological polar surface area (TPSA) is 93.7 Å². The minimum Gasteiger partial charge on any atom is -0.497 e. The molecule has 8 heteroatoms. The molecule has 27 heavy (non-hydrogen) atoms. The number of benzene rings is 2. The Labute approximate surface area is 159 Å². The van der Waals surface area contributed by atoms with E-state index in [1.807, 2.05) is 6.92 Å². The monoisotopic (exact) mass is 392 g/mol. The van der Waals surface area contributed by atoms with Crippen molar-refractivity contribution in [3.05, 3.63) is 48.0 Å². The van der Waals surface area contributed by atoms with Crippen LogP contribution in [0, 0.1) is 0 Å². The predicted octanol–water partition coefficient (Wildman–Crippen LogP) is 3.03. The zero-order valence-electron chi connectivity index (χ0n) is 15.6. The van der Waals surface area contributed by atoms with Crippen LogP contribution in [0.2, 0.25) is 0 Å². The summed E-state index contributed by atoms with van der Waals surface area (Å²) in [6, 6.07) is 10.5. The van der Waals surface area contributed by atoms with Gasteiger partial charge in [0.1, 0.15) is 11.5 Å². The summed E-state index contributed by atoms with van der Waals surface area (Å²) in [5.74, 6) is 0.662. The first kappa shape index (κ1) is 20.6. The Bertz CT molecular complexity index is 879. The number of hydrogen-bond acceptors (Lipinski definition) is 5. The van der Waals surface area contributed by atoms with Gasteiger partial charge in [0.2, 0.25) is 0 Å². The summed E-state index contributed by atoms with van der Waals surface area (Å²) in [5.41, 5.74) is 0.701. The van der Waals surface area contributed by atoms with Crippen molar-refractivity contribution in [2.75, 3.05) is 25.5 Å². The highest BCUT2D eigenvalue weighted by molar-refractivity contribution is 7.92. The normalized spacial score (nSPS) is 10.9. The molecule has 0 bridgehead atoms. The highest BCUT2D eigenvalue weighted by Gasteiger charge is 2.17. The number of hydrogen-bond donors (Lipinski definition) is 2. The smallest absolute Gasteiger partial charge is 0.262 e. The predicted molar refractivity (Wildman–Crippen MR) is 104 cm³/mol. The van der Waals surface area contributed by atoms with Crippen LogP contribution in [-0.4, -0.2) is 35.1 Å². The van der Waals surface area contributed by atoms with Crippen LogP contribution in [-0.2, 0) is 10.0 Å². The number of nitrogens with one attached hydrogen (secondary N) is 2. The molecule has 0 aliphatic heterocycles. The van der Waals surface area contributed by atoms with Crippen molar-refractivity contribution < 1.29 is 22.7 Å². The number of anilines is 1. The number of carbonyl (C=O) groups excluding carboxylic acids is 1. The van der Waals surface area contributed by atoms with E-state index in [0.717, 1.165) is 12.8 Å². The summed E-state index contributed by atoms with van der Waals surface area (Å²) in [7, 11) is -0.876. The molecule has 0 saturated carbocycles. The second kappa shape index (κ2) is 9.27. The van der Waals surface area contributed by atoms with Crippen molar-refractivity contribution >= 4 is 21.6 Å². The lowest BCUT2D eigenvalue weighted by atomic mass is 10.2. The zero-order valence-corrected chi connectivity index (χ0v) is 16.4. The van der Waals surface area contributed by atoms with Crippen molar-refractivity contribution in [3.63, 3.8) is 0 Å². The van der Waals surface area contributed by atoms with Crippen LogP contribution in [0.3, 0.4) is 0 Å². The quantitative estimate of drug-likeness (QED) is 0.640. The Hall–Kier alpha value is -2.74. The van der Waals surface area contributed by atoms with E-state index in [2.05, 4.69) is 10.0 Å². The van der Waals surface area contributed by atoms with Gasteiger partial charge in [0, 0.05) is 18.2 Å². The Kier molecular flexibility index (Phi) is 7.06. The average Bonchev–Trinajstić information content (AvgIpc) is 2.68. The average molecular weight is 392 g/mol. The third-order valence-electron chi connectivity index (χ3n) is 3.90. The van der Waals surface area contributed by atoms with Crippen molar-refractivity contribution in [1.82, 2.24) is 5.32 Å². The summed E-state index contributed by atoms with van der Waals surface area (Å²) in [6.45, 7) is 2.63. The van der Waals surface area contributed by atoms with Crippen LogP contribution in [0.25, 0.3) is 0 Å². The second-order valence-electron chi connectivity index (χ2n) is 5.81. The molecule has 0 aromatic heterocycles. The maximum absolute atomic E-state index is 12.6. The van der Waals surface area contributed by atoms with Crippen LogP contribution < -0.4 is 19.5 Å². The lowest BCUT2D eigenvalue weighted by molar-refractivity contribution is 0.0953. The van der Waals surface area contributed by atoms with Gasteiger partial charge < -0.3 is 14.8 Å². The first-order chi connectivity index (χ1) is 12.9. The molecule has 2 rings (SSSR count). The molecule has 0 spiro atoms. The number of sulfonamides is 1. The minimum atomic E-state index is -3.83. The van der Waals surface area contributed by atoms with E-state index in [4.69, 9.17) is 9.47 Å². The van der Waals surface area contributed by atoms with Crippen molar-refractivity contribution in [3.8, 4) is 11.5 Å². The van der Waals surface area contributed by atoms with E-state index in [1.54, 1.807) is 18.2 Å². The highest BCUT2D eigenvalue weighted by Crippen LogP contribution is 2.30. The van der Waals surface area contributed by atoms with Gasteiger partial charge in [-0.1, -0.05) is 13.3 Å². The lowest BCUT2D eigenvalue weighted by Gasteiger charge is -2.13. The third-order valence-corrected chi connectivity index (χ3v) is 5.28.